The molecular formula is C16H11BrClN3O3. The quantitative estimate of drug-likeness (QED) is 0.637. The van der Waals surface area contributed by atoms with Crippen LogP contribution in [-0.4, -0.2) is 28.4 Å². The molecule has 0 unspecified atom stereocenters. The first-order chi connectivity index (χ1) is 11.6. The van der Waals surface area contributed by atoms with Crippen LogP contribution in [0.25, 0.3) is 11.5 Å². The lowest BCUT2D eigenvalue weighted by molar-refractivity contribution is 0.336. The summed E-state index contributed by atoms with van der Waals surface area (Å²) in [6.45, 7) is 0. The maximum absolute atomic E-state index is 9.93. The van der Waals surface area contributed by atoms with Crippen LogP contribution in [0.15, 0.2) is 50.4 Å². The monoisotopic (exact) mass is 407 g/mol. The average Bonchev–Trinajstić information content (AvgIpc) is 2.95. The number of methoxy groups -OCH3 is 1. The second-order valence-corrected chi connectivity index (χ2v) is 6.00. The highest BCUT2D eigenvalue weighted by Gasteiger charge is 2.16. The molecular weight excluding hydrogens is 398 g/mol. The van der Waals surface area contributed by atoms with Crippen LogP contribution < -0.4 is 4.74 Å². The van der Waals surface area contributed by atoms with Gasteiger partial charge in [0, 0.05) is 15.7 Å². The molecule has 1 aromatic carbocycles. The molecule has 6 nitrogen and oxygen atoms in total. The normalized spacial score (nSPS) is 11.1. The van der Waals surface area contributed by atoms with Gasteiger partial charge in [-0.1, -0.05) is 11.6 Å². The van der Waals surface area contributed by atoms with Crippen LogP contribution in [-0.2, 0) is 0 Å². The van der Waals surface area contributed by atoms with E-state index in [-0.39, 0.29) is 17.5 Å². The summed E-state index contributed by atoms with van der Waals surface area (Å²) in [6, 6.07) is 8.55. The smallest absolute Gasteiger partial charge is 0.312 e. The van der Waals surface area contributed by atoms with Crippen LogP contribution in [0.1, 0.15) is 5.69 Å². The van der Waals surface area contributed by atoms with E-state index in [1.807, 2.05) is 6.07 Å². The van der Waals surface area contributed by atoms with Crippen LogP contribution in [0, 0.1) is 0 Å². The van der Waals surface area contributed by atoms with E-state index in [1.54, 1.807) is 30.5 Å². The van der Waals surface area contributed by atoms with Crippen LogP contribution in [0.5, 0.6) is 11.7 Å². The van der Waals surface area contributed by atoms with Gasteiger partial charge >= 0.3 is 5.95 Å². The third kappa shape index (κ3) is 3.58. The number of aromatic nitrogens is 2. The SMILES string of the molecule is COc1ccc(Cl)cc1-c1nc(C=Nc2ccc(Br)cn2)c(O)o1. The number of aromatic hydroxyl groups is 1. The van der Waals surface area contributed by atoms with Gasteiger partial charge in [0.2, 0.25) is 5.89 Å². The summed E-state index contributed by atoms with van der Waals surface area (Å²) < 4.78 is 11.4. The Morgan fingerprint density at radius 2 is 2.17 bits per heavy atom. The van der Waals surface area contributed by atoms with Crippen LogP contribution in [0.3, 0.4) is 0 Å². The molecule has 1 N–H and O–H groups in total. The van der Waals surface area contributed by atoms with Gasteiger partial charge in [-0.2, -0.15) is 0 Å². The lowest BCUT2D eigenvalue weighted by atomic mass is 10.2. The Labute approximate surface area is 150 Å². The zero-order valence-corrected chi connectivity index (χ0v) is 14.7. The van der Waals surface area contributed by atoms with Crippen molar-refractivity contribution in [3.8, 4) is 23.1 Å². The van der Waals surface area contributed by atoms with Gasteiger partial charge < -0.3 is 14.3 Å². The molecule has 2 heterocycles. The molecule has 0 saturated heterocycles. The fourth-order valence-corrected chi connectivity index (χ4v) is 2.35. The molecule has 0 aliphatic carbocycles. The molecule has 0 atom stereocenters. The predicted octanol–water partition coefficient (Wildman–Crippen LogP) is 4.62. The third-order valence-corrected chi connectivity index (χ3v) is 3.76. The van der Waals surface area contributed by atoms with Crippen LogP contribution in [0.2, 0.25) is 5.02 Å². The Kier molecular flexibility index (Phi) is 4.82. The standard InChI is InChI=1S/C16H11BrClN3O3/c1-23-13-4-3-10(18)6-11(13)15-21-12(16(22)24-15)8-20-14-5-2-9(17)7-19-14/h2-8,22H,1H3. The fourth-order valence-electron chi connectivity index (χ4n) is 1.94. The van der Waals surface area contributed by atoms with Gasteiger partial charge in [0.25, 0.3) is 0 Å². The first kappa shape index (κ1) is 16.5. The molecule has 0 fully saturated rings. The largest absolute Gasteiger partial charge is 0.496 e. The van der Waals surface area contributed by atoms with Gasteiger partial charge in [0.15, 0.2) is 11.5 Å². The van der Waals surface area contributed by atoms with Gasteiger partial charge in [-0.3, -0.25) is 0 Å². The van der Waals surface area contributed by atoms with Crippen molar-refractivity contribution in [1.82, 2.24) is 9.97 Å². The van der Waals surface area contributed by atoms with E-state index < -0.39 is 0 Å². The molecule has 0 aliphatic heterocycles. The highest BCUT2D eigenvalue weighted by molar-refractivity contribution is 9.10. The van der Waals surface area contributed by atoms with Crippen molar-refractivity contribution in [1.29, 1.82) is 0 Å². The Hall–Kier alpha value is -2.38. The summed E-state index contributed by atoms with van der Waals surface area (Å²) in [5.74, 6) is 0.825. The summed E-state index contributed by atoms with van der Waals surface area (Å²) in [7, 11) is 1.52. The van der Waals surface area contributed by atoms with Crippen LogP contribution >= 0.6 is 27.5 Å². The molecule has 0 amide bonds. The number of halogens is 2. The molecule has 3 aromatic rings. The summed E-state index contributed by atoms with van der Waals surface area (Å²) in [5, 5.41) is 10.4. The highest BCUT2D eigenvalue weighted by atomic mass is 79.9. The van der Waals surface area contributed by atoms with Crippen molar-refractivity contribution in [2.45, 2.75) is 0 Å². The number of ether oxygens (including phenoxy) is 1. The first-order valence-electron chi connectivity index (χ1n) is 6.76. The molecule has 0 saturated carbocycles. The van der Waals surface area contributed by atoms with E-state index >= 15 is 0 Å². The topological polar surface area (TPSA) is 80.7 Å². The zero-order valence-electron chi connectivity index (χ0n) is 12.4. The van der Waals surface area contributed by atoms with E-state index in [9.17, 15) is 5.11 Å². The summed E-state index contributed by atoms with van der Waals surface area (Å²) >= 11 is 9.30. The second-order valence-electron chi connectivity index (χ2n) is 4.65. The molecule has 2 aromatic heterocycles. The van der Waals surface area contributed by atoms with Crippen molar-refractivity contribution in [3.05, 3.63) is 51.7 Å². The van der Waals surface area contributed by atoms with Crippen molar-refractivity contribution in [2.24, 2.45) is 4.99 Å². The van der Waals surface area contributed by atoms with E-state index in [0.29, 0.717) is 22.2 Å². The highest BCUT2D eigenvalue weighted by Crippen LogP contribution is 2.34. The second kappa shape index (κ2) is 7.02. The first-order valence-corrected chi connectivity index (χ1v) is 7.93. The molecule has 0 bridgehead atoms. The minimum absolute atomic E-state index is 0.178. The van der Waals surface area contributed by atoms with Gasteiger partial charge in [-0.15, -0.1) is 0 Å². The minimum Gasteiger partial charge on any atom is -0.496 e. The molecule has 8 heteroatoms. The maximum atomic E-state index is 9.93. The Balaban J connectivity index is 1.93. The minimum atomic E-state index is -0.354. The number of benzene rings is 1. The Bertz CT molecular complexity index is 894. The van der Waals surface area contributed by atoms with E-state index in [4.69, 9.17) is 20.8 Å². The van der Waals surface area contributed by atoms with E-state index in [0.717, 1.165) is 4.47 Å². The number of oxazole rings is 1. The van der Waals surface area contributed by atoms with Gasteiger partial charge in [0.05, 0.1) is 18.9 Å². The maximum Gasteiger partial charge on any atom is 0.312 e. The summed E-state index contributed by atoms with van der Waals surface area (Å²) in [4.78, 5) is 12.5. The fraction of sp³-hybridized carbons (Fsp3) is 0.0625. The number of aliphatic imine (C=N–C) groups is 1. The summed E-state index contributed by atoms with van der Waals surface area (Å²) in [6.07, 6.45) is 2.99. The lowest BCUT2D eigenvalue weighted by Gasteiger charge is -2.04. The molecule has 122 valence electrons. The number of pyridine rings is 1. The molecule has 24 heavy (non-hydrogen) atoms. The molecule has 3 rings (SSSR count). The molecule has 0 radical (unpaired) electrons. The van der Waals surface area contributed by atoms with E-state index in [2.05, 4.69) is 30.9 Å². The number of rotatable bonds is 4. The number of hydrogen-bond donors (Lipinski definition) is 1. The number of hydrogen-bond acceptors (Lipinski definition) is 6. The number of nitrogens with zero attached hydrogens (tertiary/aromatic N) is 3. The Morgan fingerprint density at radius 1 is 1.33 bits per heavy atom. The van der Waals surface area contributed by atoms with Crippen molar-refractivity contribution in [2.75, 3.05) is 7.11 Å². The van der Waals surface area contributed by atoms with Crippen LogP contribution in [0.4, 0.5) is 5.82 Å². The Morgan fingerprint density at radius 3 is 2.88 bits per heavy atom. The van der Waals surface area contributed by atoms with E-state index in [1.165, 1.54) is 13.3 Å². The lowest BCUT2D eigenvalue weighted by Crippen LogP contribution is -1.89. The van der Waals surface area contributed by atoms with Gasteiger partial charge in [0.1, 0.15) is 5.75 Å². The zero-order chi connectivity index (χ0) is 17.1. The average molecular weight is 409 g/mol. The molecule has 0 aliphatic rings. The summed E-state index contributed by atoms with van der Waals surface area (Å²) in [5.41, 5.74) is 0.707. The third-order valence-electron chi connectivity index (χ3n) is 3.06. The molecule has 0 spiro atoms. The van der Waals surface area contributed by atoms with Crippen molar-refractivity contribution >= 4 is 39.6 Å². The van der Waals surface area contributed by atoms with Crippen molar-refractivity contribution in [3.63, 3.8) is 0 Å². The predicted molar refractivity (Wildman–Crippen MR) is 94.4 cm³/mol. The van der Waals surface area contributed by atoms with Gasteiger partial charge in [-0.25, -0.2) is 15.0 Å². The van der Waals surface area contributed by atoms with Gasteiger partial charge in [-0.05, 0) is 46.3 Å². The van der Waals surface area contributed by atoms with Crippen molar-refractivity contribution < 1.29 is 14.3 Å².